The van der Waals surface area contributed by atoms with Crippen molar-refractivity contribution in [2.75, 3.05) is 12.5 Å². The van der Waals surface area contributed by atoms with E-state index in [0.29, 0.717) is 0 Å². The molecule has 0 aliphatic carbocycles. The van der Waals surface area contributed by atoms with Crippen LogP contribution in [0.1, 0.15) is 12.8 Å². The van der Waals surface area contributed by atoms with Gasteiger partial charge in [-0.3, -0.25) is 20.3 Å². The maximum absolute atomic E-state index is 12.7. The first-order valence-electron chi connectivity index (χ1n) is 5.95. The molecule has 0 unspecified atom stereocenters. The minimum Gasteiger partial charge on any atom is -0.469 e. The van der Waals surface area contributed by atoms with E-state index in [9.17, 15) is 28.1 Å². The van der Waals surface area contributed by atoms with Crippen molar-refractivity contribution in [2.24, 2.45) is 5.10 Å². The number of carbonyl (C=O) groups excluding carboxylic acids is 1. The third-order valence-electron chi connectivity index (χ3n) is 2.52. The highest BCUT2D eigenvalue weighted by Crippen LogP contribution is 2.22. The molecule has 1 aromatic carbocycles. The Bertz CT molecular complexity index is 570. The van der Waals surface area contributed by atoms with Crippen LogP contribution < -0.4 is 5.43 Å². The molecule has 0 saturated carbocycles. The standard InChI is InChI=1S/C12H12F3N3O4/c1-22-11(19)7-6-10(12(13,14)15)17-16-8-2-4-9(5-3-8)18(20)21/h2-5,16H,6-7H2,1H3. The van der Waals surface area contributed by atoms with Gasteiger partial charge >= 0.3 is 12.1 Å². The number of nitro groups is 1. The van der Waals surface area contributed by atoms with Gasteiger partial charge in [-0.1, -0.05) is 0 Å². The number of rotatable bonds is 6. The van der Waals surface area contributed by atoms with E-state index in [1.54, 1.807) is 0 Å². The lowest BCUT2D eigenvalue weighted by Gasteiger charge is -2.10. The minimum atomic E-state index is -4.71. The lowest BCUT2D eigenvalue weighted by atomic mass is 10.2. The number of hydrazone groups is 1. The first kappa shape index (κ1) is 17.4. The van der Waals surface area contributed by atoms with Crippen LogP contribution in [0.2, 0.25) is 0 Å². The summed E-state index contributed by atoms with van der Waals surface area (Å²) in [7, 11) is 1.07. The highest BCUT2D eigenvalue weighted by Gasteiger charge is 2.36. The number of carbonyl (C=O) groups is 1. The zero-order chi connectivity index (χ0) is 16.8. The highest BCUT2D eigenvalue weighted by atomic mass is 19.4. The number of anilines is 1. The van der Waals surface area contributed by atoms with E-state index in [0.717, 1.165) is 19.2 Å². The number of nitrogens with one attached hydrogen (secondary N) is 1. The normalized spacial score (nSPS) is 11.9. The molecular weight excluding hydrogens is 307 g/mol. The number of non-ortho nitro benzene ring substituents is 1. The van der Waals surface area contributed by atoms with Crippen LogP contribution in [0.15, 0.2) is 29.4 Å². The number of hydrogen-bond acceptors (Lipinski definition) is 6. The number of hydrogen-bond donors (Lipinski definition) is 1. The fourth-order valence-electron chi connectivity index (χ4n) is 1.37. The zero-order valence-corrected chi connectivity index (χ0v) is 11.4. The van der Waals surface area contributed by atoms with Gasteiger partial charge in [-0.25, -0.2) is 0 Å². The Morgan fingerprint density at radius 2 is 1.91 bits per heavy atom. The Morgan fingerprint density at radius 1 is 1.32 bits per heavy atom. The lowest BCUT2D eigenvalue weighted by Crippen LogP contribution is -2.25. The van der Waals surface area contributed by atoms with Crippen LogP contribution >= 0.6 is 0 Å². The van der Waals surface area contributed by atoms with E-state index in [1.807, 2.05) is 0 Å². The maximum Gasteiger partial charge on any atom is 0.431 e. The van der Waals surface area contributed by atoms with Gasteiger partial charge in [0, 0.05) is 18.6 Å². The van der Waals surface area contributed by atoms with Crippen molar-refractivity contribution in [3.05, 3.63) is 34.4 Å². The second kappa shape index (κ2) is 7.38. The summed E-state index contributed by atoms with van der Waals surface area (Å²) in [4.78, 5) is 20.7. The quantitative estimate of drug-likeness (QED) is 0.376. The number of esters is 1. The minimum absolute atomic E-state index is 0.144. The van der Waals surface area contributed by atoms with Crippen molar-refractivity contribution in [1.82, 2.24) is 0 Å². The number of methoxy groups -OCH3 is 1. The van der Waals surface area contributed by atoms with Gasteiger partial charge in [0.05, 0.1) is 24.1 Å². The zero-order valence-electron chi connectivity index (χ0n) is 11.4. The molecule has 0 aromatic heterocycles. The summed E-state index contributed by atoms with van der Waals surface area (Å²) < 4.78 is 42.5. The van der Waals surface area contributed by atoms with E-state index in [1.165, 1.54) is 12.1 Å². The van der Waals surface area contributed by atoms with Gasteiger partial charge in [-0.2, -0.15) is 18.3 Å². The van der Waals surface area contributed by atoms with Gasteiger partial charge < -0.3 is 4.74 Å². The van der Waals surface area contributed by atoms with Gasteiger partial charge in [-0.15, -0.1) is 0 Å². The van der Waals surface area contributed by atoms with Gasteiger partial charge in [-0.05, 0) is 12.1 Å². The van der Waals surface area contributed by atoms with Crippen molar-refractivity contribution in [2.45, 2.75) is 19.0 Å². The van der Waals surface area contributed by atoms with Crippen LogP contribution in [-0.4, -0.2) is 29.9 Å². The van der Waals surface area contributed by atoms with Gasteiger partial charge in [0.1, 0.15) is 5.71 Å². The molecular formula is C12H12F3N3O4. The van der Waals surface area contributed by atoms with E-state index in [4.69, 9.17) is 0 Å². The molecule has 0 fully saturated rings. The summed E-state index contributed by atoms with van der Waals surface area (Å²) in [5, 5.41) is 13.7. The van der Waals surface area contributed by atoms with Crippen molar-refractivity contribution < 1.29 is 27.6 Å². The van der Waals surface area contributed by atoms with Crippen LogP contribution in [-0.2, 0) is 9.53 Å². The third-order valence-corrected chi connectivity index (χ3v) is 2.52. The van der Waals surface area contributed by atoms with Crippen LogP contribution in [0, 0.1) is 10.1 Å². The van der Waals surface area contributed by atoms with Crippen molar-refractivity contribution >= 4 is 23.1 Å². The average molecular weight is 319 g/mol. The summed E-state index contributed by atoms with van der Waals surface area (Å²) in [5.74, 6) is -0.785. The molecule has 0 aliphatic rings. The monoisotopic (exact) mass is 319 g/mol. The van der Waals surface area contributed by atoms with E-state index in [-0.39, 0.29) is 11.4 Å². The van der Waals surface area contributed by atoms with Crippen molar-refractivity contribution in [3.8, 4) is 0 Å². The molecule has 0 aliphatic heterocycles. The predicted octanol–water partition coefficient (Wildman–Crippen LogP) is 2.88. The first-order valence-corrected chi connectivity index (χ1v) is 5.95. The van der Waals surface area contributed by atoms with Gasteiger partial charge in [0.2, 0.25) is 0 Å². The SMILES string of the molecule is COC(=O)CCC(=NNc1ccc([N+](=O)[O-])cc1)C(F)(F)F. The van der Waals surface area contributed by atoms with Gasteiger partial charge in [0.15, 0.2) is 0 Å². The Kier molecular flexibility index (Phi) is 5.84. The third kappa shape index (κ3) is 5.38. The van der Waals surface area contributed by atoms with E-state index < -0.39 is 35.6 Å². The lowest BCUT2D eigenvalue weighted by molar-refractivity contribution is -0.384. The Hall–Kier alpha value is -2.65. The summed E-state index contributed by atoms with van der Waals surface area (Å²) in [6, 6.07) is 4.69. The molecule has 0 heterocycles. The number of halogens is 3. The summed E-state index contributed by atoms with van der Waals surface area (Å²) >= 11 is 0. The Morgan fingerprint density at radius 3 is 2.36 bits per heavy atom. The smallest absolute Gasteiger partial charge is 0.431 e. The molecule has 1 rings (SSSR count). The number of benzene rings is 1. The molecule has 1 N–H and O–H groups in total. The molecule has 22 heavy (non-hydrogen) atoms. The van der Waals surface area contributed by atoms with E-state index >= 15 is 0 Å². The average Bonchev–Trinajstić information content (AvgIpc) is 2.45. The van der Waals surface area contributed by atoms with Crippen LogP contribution in [0.5, 0.6) is 0 Å². The van der Waals surface area contributed by atoms with E-state index in [2.05, 4.69) is 15.3 Å². The van der Waals surface area contributed by atoms with Crippen LogP contribution in [0.4, 0.5) is 24.5 Å². The Labute approximate surface area is 122 Å². The second-order valence-electron chi connectivity index (χ2n) is 4.05. The molecule has 7 nitrogen and oxygen atoms in total. The number of ether oxygens (including phenoxy) is 1. The molecule has 0 radical (unpaired) electrons. The maximum atomic E-state index is 12.7. The largest absolute Gasteiger partial charge is 0.469 e. The number of alkyl halides is 3. The topological polar surface area (TPSA) is 93.8 Å². The second-order valence-corrected chi connectivity index (χ2v) is 4.05. The molecule has 1 aromatic rings. The first-order chi connectivity index (χ1) is 10.2. The molecule has 0 bridgehead atoms. The Balaban J connectivity index is 2.80. The summed E-state index contributed by atoms with van der Waals surface area (Å²) in [6.07, 6.45) is -5.81. The predicted molar refractivity (Wildman–Crippen MR) is 71.5 cm³/mol. The van der Waals surface area contributed by atoms with Gasteiger partial charge in [0.25, 0.3) is 5.69 Å². The highest BCUT2D eigenvalue weighted by molar-refractivity contribution is 5.92. The fraction of sp³-hybridized carbons (Fsp3) is 0.333. The summed E-state index contributed by atoms with van der Waals surface area (Å²) in [6.45, 7) is 0. The number of nitro benzene ring substituents is 1. The molecule has 120 valence electrons. The molecule has 10 heteroatoms. The molecule has 0 spiro atoms. The van der Waals surface area contributed by atoms with Crippen LogP contribution in [0.3, 0.4) is 0 Å². The molecule has 0 saturated heterocycles. The molecule has 0 amide bonds. The summed E-state index contributed by atoms with van der Waals surface area (Å²) in [5.41, 5.74) is 0.914. The van der Waals surface area contributed by atoms with Crippen molar-refractivity contribution in [1.29, 1.82) is 0 Å². The molecule has 0 atom stereocenters. The fourth-order valence-corrected chi connectivity index (χ4v) is 1.37. The van der Waals surface area contributed by atoms with Crippen LogP contribution in [0.25, 0.3) is 0 Å². The van der Waals surface area contributed by atoms with Crippen molar-refractivity contribution in [3.63, 3.8) is 0 Å². The number of nitrogens with zero attached hydrogens (tertiary/aromatic N) is 2.